The van der Waals surface area contributed by atoms with Crippen LogP contribution < -0.4 is 15.4 Å². The number of hydrogen-bond donors (Lipinski definition) is 4. The van der Waals surface area contributed by atoms with E-state index >= 15 is 0 Å². The van der Waals surface area contributed by atoms with Gasteiger partial charge in [-0.2, -0.15) is 0 Å². The van der Waals surface area contributed by atoms with Crippen LogP contribution in [0.5, 0.6) is 0 Å². The molecule has 6 heteroatoms. The van der Waals surface area contributed by atoms with E-state index in [0.29, 0.717) is 5.92 Å². The molecule has 3 aliphatic rings. The zero-order chi connectivity index (χ0) is 25.5. The molecule has 0 spiro atoms. The average molecular weight is 508 g/mol. The molecule has 2 unspecified atom stereocenters. The van der Waals surface area contributed by atoms with Crippen molar-refractivity contribution in [2.24, 2.45) is 11.3 Å². The van der Waals surface area contributed by atoms with Crippen molar-refractivity contribution in [2.45, 2.75) is 39.5 Å². The lowest BCUT2D eigenvalue weighted by molar-refractivity contribution is 0.282. The number of fused-ring (bicyclic) bond motifs is 1. The molecule has 0 aromatic heterocycles. The third-order valence-corrected chi connectivity index (χ3v) is 7.38. The van der Waals surface area contributed by atoms with Crippen LogP contribution in [0.1, 0.15) is 38.7 Å². The van der Waals surface area contributed by atoms with E-state index in [1.165, 1.54) is 23.3 Å². The number of piperidine rings is 1. The highest BCUT2D eigenvalue weighted by Crippen LogP contribution is 2.45. The summed E-state index contributed by atoms with van der Waals surface area (Å²) in [5, 5.41) is 6.99. The number of hydrogen-bond acceptors (Lipinski definition) is 4. The monoisotopic (exact) mass is 507 g/mol. The lowest BCUT2D eigenvalue weighted by Crippen LogP contribution is -2.45. The minimum Gasteiger partial charge on any atom is -0.356 e. The fourth-order valence-corrected chi connectivity index (χ4v) is 5.27. The summed E-state index contributed by atoms with van der Waals surface area (Å²) in [5.41, 5.74) is 7.02. The molecule has 3 N–H and O–H groups in total. The van der Waals surface area contributed by atoms with Gasteiger partial charge >= 0.3 is 0 Å². The Morgan fingerprint density at radius 1 is 1.06 bits per heavy atom. The van der Waals surface area contributed by atoms with Crippen molar-refractivity contribution >= 4 is 18.5 Å². The van der Waals surface area contributed by atoms with Gasteiger partial charge in [0.15, 0.2) is 0 Å². The van der Waals surface area contributed by atoms with E-state index in [0.717, 1.165) is 61.4 Å². The molecule has 0 amide bonds. The van der Waals surface area contributed by atoms with Crippen LogP contribution in [0.3, 0.4) is 0 Å². The fraction of sp³-hybridized carbons (Fsp3) is 0.333. The van der Waals surface area contributed by atoms with Gasteiger partial charge in [-0.1, -0.05) is 49.6 Å². The van der Waals surface area contributed by atoms with Crippen LogP contribution in [-0.4, -0.2) is 13.1 Å². The molecule has 2 aliphatic carbocycles. The Morgan fingerprint density at radius 3 is 2.39 bits per heavy atom. The molecule has 5 rings (SSSR count). The van der Waals surface area contributed by atoms with E-state index in [1.807, 2.05) is 12.1 Å². The Bertz CT molecular complexity index is 1170. The molecule has 3 nitrogen and oxygen atoms in total. The number of halogens is 2. The van der Waals surface area contributed by atoms with Crippen LogP contribution in [0.2, 0.25) is 0 Å². The number of rotatable bonds is 5. The van der Waals surface area contributed by atoms with Crippen molar-refractivity contribution in [2.75, 3.05) is 18.4 Å². The molecule has 1 aliphatic heterocycles. The van der Waals surface area contributed by atoms with E-state index in [1.54, 1.807) is 24.3 Å². The summed E-state index contributed by atoms with van der Waals surface area (Å²) in [6.07, 6.45) is 12.6. The van der Waals surface area contributed by atoms with E-state index < -0.39 is 0 Å². The standard InChI is InChI=1S/C23H24F2N2.C7H11NS/c1-16-13-23(14-17-2-4-19(24)5-3-17)15-26-11-10-18(23)12-22(16)27-21-8-6-20(25)7-9-21;1-6-2-4-7(8-9)5-3-6/h2-9,12,26-27H,10-11,13-15H2,1H3;2,4-6,8-9H,3H2,1H3. The summed E-state index contributed by atoms with van der Waals surface area (Å²) in [6, 6.07) is 13.3. The minimum atomic E-state index is -0.232. The number of allylic oxidation sites excluding steroid dienone is 5. The molecule has 2 atom stereocenters. The highest BCUT2D eigenvalue weighted by molar-refractivity contribution is 7.78. The lowest BCUT2D eigenvalue weighted by atomic mass is 9.65. The normalized spacial score (nSPS) is 23.1. The van der Waals surface area contributed by atoms with Crippen molar-refractivity contribution in [3.63, 3.8) is 0 Å². The Kier molecular flexibility index (Phi) is 8.70. The van der Waals surface area contributed by atoms with Crippen molar-refractivity contribution in [1.82, 2.24) is 10.0 Å². The molecular formula is C30H35F2N3S. The van der Waals surface area contributed by atoms with Gasteiger partial charge in [-0.15, -0.1) is 0 Å². The van der Waals surface area contributed by atoms with Gasteiger partial charge in [-0.25, -0.2) is 8.78 Å². The molecular weight excluding hydrogens is 472 g/mol. The molecule has 1 fully saturated rings. The average Bonchev–Trinajstić information content (AvgIpc) is 2.88. The quantitative estimate of drug-likeness (QED) is 0.326. The number of thiol groups is 1. The molecule has 36 heavy (non-hydrogen) atoms. The summed E-state index contributed by atoms with van der Waals surface area (Å²) >= 11 is 3.92. The van der Waals surface area contributed by atoms with Crippen LogP contribution in [0.4, 0.5) is 14.5 Å². The van der Waals surface area contributed by atoms with Gasteiger partial charge < -0.3 is 15.4 Å². The van der Waals surface area contributed by atoms with E-state index in [-0.39, 0.29) is 17.0 Å². The highest BCUT2D eigenvalue weighted by Gasteiger charge is 2.39. The zero-order valence-electron chi connectivity index (χ0n) is 21.0. The maximum absolute atomic E-state index is 13.3. The number of benzene rings is 2. The first kappa shape index (κ1) is 26.2. The van der Waals surface area contributed by atoms with Gasteiger partial charge in [-0.05, 0) is 105 Å². The summed E-state index contributed by atoms with van der Waals surface area (Å²) < 4.78 is 29.2. The van der Waals surface area contributed by atoms with Gasteiger partial charge in [0.1, 0.15) is 11.6 Å². The molecule has 2 aromatic rings. The summed E-state index contributed by atoms with van der Waals surface area (Å²) in [4.78, 5) is 0. The van der Waals surface area contributed by atoms with Gasteiger partial charge in [0.2, 0.25) is 0 Å². The van der Waals surface area contributed by atoms with Crippen LogP contribution in [0.25, 0.3) is 0 Å². The van der Waals surface area contributed by atoms with E-state index in [4.69, 9.17) is 0 Å². The third kappa shape index (κ3) is 6.68. The maximum atomic E-state index is 13.3. The Morgan fingerprint density at radius 2 is 1.75 bits per heavy atom. The van der Waals surface area contributed by atoms with Gasteiger partial charge in [0, 0.05) is 29.0 Å². The summed E-state index contributed by atoms with van der Waals surface area (Å²) in [7, 11) is 0. The van der Waals surface area contributed by atoms with Crippen molar-refractivity contribution < 1.29 is 8.78 Å². The predicted octanol–water partition coefficient (Wildman–Crippen LogP) is 7.10. The summed E-state index contributed by atoms with van der Waals surface area (Å²) in [5.74, 6) is 0.264. The molecule has 2 aromatic carbocycles. The Labute approximate surface area is 219 Å². The van der Waals surface area contributed by atoms with Gasteiger partial charge in [-0.3, -0.25) is 0 Å². The van der Waals surface area contributed by atoms with Crippen LogP contribution >= 0.6 is 12.8 Å². The second kappa shape index (κ2) is 11.9. The first-order chi connectivity index (χ1) is 17.4. The van der Waals surface area contributed by atoms with Crippen molar-refractivity contribution in [3.05, 3.63) is 113 Å². The third-order valence-electron chi connectivity index (χ3n) is 7.12. The van der Waals surface area contributed by atoms with E-state index in [9.17, 15) is 8.78 Å². The zero-order valence-corrected chi connectivity index (χ0v) is 21.8. The number of anilines is 1. The lowest BCUT2D eigenvalue weighted by Gasteiger charge is -2.44. The van der Waals surface area contributed by atoms with E-state index in [2.05, 4.69) is 66.3 Å². The molecule has 0 radical (unpaired) electrons. The first-order valence-corrected chi connectivity index (χ1v) is 13.0. The second-order valence-electron chi connectivity index (χ2n) is 10.0. The topological polar surface area (TPSA) is 36.1 Å². The fourth-order valence-electron chi connectivity index (χ4n) is 5.10. The second-order valence-corrected chi connectivity index (χ2v) is 10.2. The molecule has 190 valence electrons. The maximum Gasteiger partial charge on any atom is 0.123 e. The molecule has 0 saturated carbocycles. The largest absolute Gasteiger partial charge is 0.356 e. The number of nitrogens with one attached hydrogen (secondary N) is 3. The molecule has 1 heterocycles. The van der Waals surface area contributed by atoms with Gasteiger partial charge in [0.05, 0.1) is 0 Å². The summed E-state index contributed by atoms with van der Waals surface area (Å²) in [6.45, 7) is 6.25. The predicted molar refractivity (Wildman–Crippen MR) is 149 cm³/mol. The molecule has 0 bridgehead atoms. The van der Waals surface area contributed by atoms with Crippen LogP contribution in [0.15, 0.2) is 95.4 Å². The van der Waals surface area contributed by atoms with Crippen molar-refractivity contribution in [3.8, 4) is 0 Å². The smallest absolute Gasteiger partial charge is 0.123 e. The SMILES string of the molecule is CC1=C(Nc2ccc(F)cc2)C=C2CCNCC2(Cc2ccc(F)cc2)C1.CC1C=CC(NS)=CC1. The Hall–Kier alpha value is -2.83. The van der Waals surface area contributed by atoms with Crippen molar-refractivity contribution in [1.29, 1.82) is 0 Å². The minimum absolute atomic E-state index is 0.0359. The van der Waals surface area contributed by atoms with Gasteiger partial charge in [0.25, 0.3) is 0 Å². The Balaban J connectivity index is 0.000000286. The van der Waals surface area contributed by atoms with Crippen LogP contribution in [-0.2, 0) is 6.42 Å². The first-order valence-electron chi connectivity index (χ1n) is 12.5. The van der Waals surface area contributed by atoms with Crippen LogP contribution in [0, 0.1) is 23.0 Å². The highest BCUT2D eigenvalue weighted by atomic mass is 32.1. The molecule has 1 saturated heterocycles.